The number of carboxylic acids is 1. The van der Waals surface area contributed by atoms with Crippen LogP contribution in [0.25, 0.3) is 0 Å². The maximum atomic E-state index is 11.0. The monoisotopic (exact) mass is 223 g/mol. The lowest BCUT2D eigenvalue weighted by Crippen LogP contribution is -2.10. The van der Waals surface area contributed by atoms with Crippen molar-refractivity contribution in [3.63, 3.8) is 0 Å². The molecule has 0 spiro atoms. The third-order valence-electron chi connectivity index (χ3n) is 1.89. The molecule has 86 valence electrons. The van der Waals surface area contributed by atoms with Crippen molar-refractivity contribution in [3.05, 3.63) is 30.1 Å². The van der Waals surface area contributed by atoms with Crippen LogP contribution in [-0.2, 0) is 20.7 Å². The van der Waals surface area contributed by atoms with Crippen LogP contribution in [0.5, 0.6) is 0 Å². The normalized spacial score (nSPS) is 9.75. The van der Waals surface area contributed by atoms with Crippen LogP contribution in [0.3, 0.4) is 0 Å². The molecule has 0 fully saturated rings. The molecule has 0 aromatic carbocycles. The number of aromatic nitrogens is 1. The summed E-state index contributed by atoms with van der Waals surface area (Å²) >= 11 is 0. The number of carbonyl (C=O) groups excluding carboxylic acids is 1. The number of rotatable bonds is 6. The van der Waals surface area contributed by atoms with Gasteiger partial charge in [-0.1, -0.05) is 6.07 Å². The smallest absolute Gasteiger partial charge is 0.306 e. The fourth-order valence-electron chi connectivity index (χ4n) is 1.10. The summed E-state index contributed by atoms with van der Waals surface area (Å²) in [5, 5.41) is 8.35. The minimum absolute atomic E-state index is 0.0858. The predicted octanol–water partition coefficient (Wildman–Crippen LogP) is 1.03. The van der Waals surface area contributed by atoms with Crippen molar-refractivity contribution in [1.29, 1.82) is 0 Å². The lowest BCUT2D eigenvalue weighted by Gasteiger charge is -2.03. The first-order chi connectivity index (χ1) is 7.68. The van der Waals surface area contributed by atoms with Crippen molar-refractivity contribution in [2.24, 2.45) is 0 Å². The molecule has 1 rings (SSSR count). The van der Waals surface area contributed by atoms with E-state index in [1.54, 1.807) is 6.20 Å². The molecular formula is C11H13NO4. The Morgan fingerprint density at radius 3 is 2.75 bits per heavy atom. The summed E-state index contributed by atoms with van der Waals surface area (Å²) in [5.74, 6) is -1.49. The molecule has 5 heteroatoms. The number of hydrogen-bond acceptors (Lipinski definition) is 4. The summed E-state index contributed by atoms with van der Waals surface area (Å²) in [6.07, 6.45) is 1.93. The maximum absolute atomic E-state index is 11.0. The van der Waals surface area contributed by atoms with Gasteiger partial charge in [0.1, 0.15) is 0 Å². The van der Waals surface area contributed by atoms with Gasteiger partial charge in [0.05, 0.1) is 19.4 Å². The van der Waals surface area contributed by atoms with E-state index >= 15 is 0 Å². The van der Waals surface area contributed by atoms with Gasteiger partial charge >= 0.3 is 11.9 Å². The quantitative estimate of drug-likeness (QED) is 0.729. The van der Waals surface area contributed by atoms with Gasteiger partial charge in [-0.2, -0.15) is 0 Å². The molecule has 1 heterocycles. The first-order valence-corrected chi connectivity index (χ1v) is 4.96. The highest BCUT2D eigenvalue weighted by atomic mass is 16.5. The Morgan fingerprint density at radius 1 is 1.31 bits per heavy atom. The highest BCUT2D eigenvalue weighted by Crippen LogP contribution is 1.97. The van der Waals surface area contributed by atoms with Crippen molar-refractivity contribution >= 4 is 11.9 Å². The summed E-state index contributed by atoms with van der Waals surface area (Å²) in [7, 11) is 0. The topological polar surface area (TPSA) is 76.5 Å². The summed E-state index contributed by atoms with van der Waals surface area (Å²) in [6, 6.07) is 5.50. The second kappa shape index (κ2) is 6.55. The Balaban J connectivity index is 2.16. The maximum Gasteiger partial charge on any atom is 0.306 e. The summed E-state index contributed by atoms with van der Waals surface area (Å²) in [4.78, 5) is 25.3. The molecule has 0 aliphatic carbocycles. The van der Waals surface area contributed by atoms with Crippen molar-refractivity contribution in [2.45, 2.75) is 19.3 Å². The minimum Gasteiger partial charge on any atom is -0.481 e. The lowest BCUT2D eigenvalue weighted by atomic mass is 10.3. The van der Waals surface area contributed by atoms with E-state index in [1.165, 1.54) is 0 Å². The van der Waals surface area contributed by atoms with Gasteiger partial charge in [0.15, 0.2) is 0 Å². The average Bonchev–Trinajstić information content (AvgIpc) is 2.28. The van der Waals surface area contributed by atoms with Crippen LogP contribution < -0.4 is 0 Å². The van der Waals surface area contributed by atoms with Crippen LogP contribution in [0.2, 0.25) is 0 Å². The largest absolute Gasteiger partial charge is 0.481 e. The fraction of sp³-hybridized carbons (Fsp3) is 0.364. The molecule has 0 amide bonds. The molecule has 0 bridgehead atoms. The van der Waals surface area contributed by atoms with Crippen LogP contribution in [0.4, 0.5) is 0 Å². The van der Waals surface area contributed by atoms with Gasteiger partial charge in [-0.05, 0) is 12.1 Å². The lowest BCUT2D eigenvalue weighted by molar-refractivity contribution is -0.147. The van der Waals surface area contributed by atoms with Gasteiger partial charge in [0, 0.05) is 18.3 Å². The number of ether oxygens (including phenoxy) is 1. The first-order valence-electron chi connectivity index (χ1n) is 4.96. The molecule has 1 N–H and O–H groups in total. The molecule has 5 nitrogen and oxygen atoms in total. The number of aliphatic carboxylic acids is 1. The third-order valence-corrected chi connectivity index (χ3v) is 1.89. The number of esters is 1. The molecule has 0 aliphatic rings. The van der Waals surface area contributed by atoms with Crippen molar-refractivity contribution in [2.75, 3.05) is 6.61 Å². The van der Waals surface area contributed by atoms with Gasteiger partial charge in [0.25, 0.3) is 0 Å². The molecule has 16 heavy (non-hydrogen) atoms. The standard InChI is InChI=1S/C11H13NO4/c13-10(14)4-5-11(15)16-8-6-9-3-1-2-7-12-9/h1-3,7H,4-6,8H2,(H,13,14). The van der Waals surface area contributed by atoms with Crippen LogP contribution in [0.1, 0.15) is 18.5 Å². The molecular weight excluding hydrogens is 210 g/mol. The number of carboxylic acid groups (broad SMARTS) is 1. The molecule has 0 unspecified atom stereocenters. The Morgan fingerprint density at radius 2 is 2.12 bits per heavy atom. The van der Waals surface area contributed by atoms with E-state index in [4.69, 9.17) is 9.84 Å². The highest BCUT2D eigenvalue weighted by molar-refractivity contribution is 5.76. The summed E-state index contributed by atoms with van der Waals surface area (Å²) in [6.45, 7) is 0.232. The number of pyridine rings is 1. The van der Waals surface area contributed by atoms with Gasteiger partial charge in [-0.3, -0.25) is 14.6 Å². The van der Waals surface area contributed by atoms with E-state index < -0.39 is 11.9 Å². The van der Waals surface area contributed by atoms with Crippen LogP contribution >= 0.6 is 0 Å². The van der Waals surface area contributed by atoms with E-state index in [2.05, 4.69) is 4.98 Å². The Labute approximate surface area is 93.1 Å². The van der Waals surface area contributed by atoms with E-state index in [0.717, 1.165) is 5.69 Å². The Hall–Kier alpha value is -1.91. The van der Waals surface area contributed by atoms with Crippen molar-refractivity contribution in [1.82, 2.24) is 4.98 Å². The first kappa shape index (κ1) is 12.2. The molecule has 0 atom stereocenters. The Kier molecular flexibility index (Phi) is 4.98. The van der Waals surface area contributed by atoms with E-state index in [1.807, 2.05) is 18.2 Å². The number of carbonyl (C=O) groups is 2. The molecule has 0 saturated heterocycles. The predicted molar refractivity (Wildman–Crippen MR) is 55.8 cm³/mol. The highest BCUT2D eigenvalue weighted by Gasteiger charge is 2.06. The van der Waals surface area contributed by atoms with Crippen LogP contribution in [0, 0.1) is 0 Å². The zero-order chi connectivity index (χ0) is 11.8. The second-order valence-electron chi connectivity index (χ2n) is 3.19. The molecule has 0 radical (unpaired) electrons. The SMILES string of the molecule is O=C(O)CCC(=O)OCCc1ccccn1. The zero-order valence-electron chi connectivity index (χ0n) is 8.76. The van der Waals surface area contributed by atoms with Crippen molar-refractivity contribution < 1.29 is 19.4 Å². The van der Waals surface area contributed by atoms with Crippen LogP contribution in [0.15, 0.2) is 24.4 Å². The number of hydrogen-bond donors (Lipinski definition) is 1. The second-order valence-corrected chi connectivity index (χ2v) is 3.19. The summed E-state index contributed by atoms with van der Waals surface area (Å²) < 4.78 is 4.85. The fourth-order valence-corrected chi connectivity index (χ4v) is 1.10. The molecule has 1 aromatic heterocycles. The van der Waals surface area contributed by atoms with Gasteiger partial charge in [-0.15, -0.1) is 0 Å². The Bertz CT molecular complexity index is 350. The third kappa shape index (κ3) is 5.09. The molecule has 0 aliphatic heterocycles. The van der Waals surface area contributed by atoms with E-state index in [9.17, 15) is 9.59 Å². The zero-order valence-corrected chi connectivity index (χ0v) is 8.76. The van der Waals surface area contributed by atoms with Gasteiger partial charge in [0.2, 0.25) is 0 Å². The van der Waals surface area contributed by atoms with E-state index in [0.29, 0.717) is 6.42 Å². The van der Waals surface area contributed by atoms with Crippen molar-refractivity contribution in [3.8, 4) is 0 Å². The summed E-state index contributed by atoms with van der Waals surface area (Å²) in [5.41, 5.74) is 0.841. The minimum atomic E-state index is -0.998. The van der Waals surface area contributed by atoms with Gasteiger partial charge < -0.3 is 9.84 Å². The van der Waals surface area contributed by atoms with Gasteiger partial charge in [-0.25, -0.2) is 0 Å². The molecule has 0 saturated carbocycles. The average molecular weight is 223 g/mol. The number of nitrogens with zero attached hydrogens (tertiary/aromatic N) is 1. The van der Waals surface area contributed by atoms with Crippen LogP contribution in [-0.4, -0.2) is 28.6 Å². The molecule has 1 aromatic rings. The van der Waals surface area contributed by atoms with E-state index in [-0.39, 0.29) is 19.4 Å².